The predicted octanol–water partition coefficient (Wildman–Crippen LogP) is 0.975. The van der Waals surface area contributed by atoms with Gasteiger partial charge in [0.05, 0.1) is 6.54 Å². The van der Waals surface area contributed by atoms with Crippen LogP contribution in [0.3, 0.4) is 0 Å². The molecule has 0 aromatic rings. The Hall–Kier alpha value is -0.300. The molecule has 0 spiro atoms. The third-order valence-electron chi connectivity index (χ3n) is 1.02. The summed E-state index contributed by atoms with van der Waals surface area (Å²) in [6, 6.07) is 0. The number of unbranched alkanes of at least 4 members (excludes halogenated alkanes) is 1. The summed E-state index contributed by atoms with van der Waals surface area (Å²) in [7, 11) is 0. The Morgan fingerprint density at radius 2 is 2.12 bits per heavy atom. The Balaban J connectivity index is 2.80. The van der Waals surface area contributed by atoms with Gasteiger partial charge < -0.3 is 5.73 Å². The van der Waals surface area contributed by atoms with Crippen LogP contribution in [0.4, 0.5) is 0 Å². The van der Waals surface area contributed by atoms with Crippen LogP contribution in [0.2, 0.25) is 0 Å². The molecule has 0 aliphatic heterocycles. The van der Waals surface area contributed by atoms with Crippen molar-refractivity contribution in [1.29, 1.82) is 0 Å². The first-order valence-corrected chi connectivity index (χ1v) is 3.36. The fourth-order valence-electron chi connectivity index (χ4n) is 0.547. The van der Waals surface area contributed by atoms with E-state index in [0.717, 1.165) is 13.0 Å². The Labute approximate surface area is 51.6 Å². The lowest BCUT2D eigenvalue weighted by atomic mass is 10.3. The summed E-state index contributed by atoms with van der Waals surface area (Å²) in [5.41, 5.74) is 3.75. The quantitative estimate of drug-likeness (QED) is 0.417. The van der Waals surface area contributed by atoms with E-state index >= 15 is 0 Å². The molecule has 0 aromatic heterocycles. The normalized spacial score (nSPS) is 10.8. The predicted molar refractivity (Wildman–Crippen MR) is 36.4 cm³/mol. The average molecular weight is 114 g/mol. The topological polar surface area (TPSA) is 27.6 Å². The number of rotatable bonds is 4. The van der Waals surface area contributed by atoms with E-state index in [9.17, 15) is 0 Å². The summed E-state index contributed by atoms with van der Waals surface area (Å²) in [5.74, 6) is 0. The molecule has 0 saturated heterocycles. The van der Waals surface area contributed by atoms with Crippen LogP contribution in [0.15, 0.2) is 12.2 Å². The van der Waals surface area contributed by atoms with Gasteiger partial charge in [0.1, 0.15) is 0 Å². The van der Waals surface area contributed by atoms with Gasteiger partial charge in [0, 0.05) is 0 Å². The van der Waals surface area contributed by atoms with E-state index in [1.807, 2.05) is 0 Å². The third-order valence-corrected chi connectivity index (χ3v) is 1.02. The van der Waals surface area contributed by atoms with Gasteiger partial charge in [-0.05, 0) is 19.3 Å². The second-order valence-electron chi connectivity index (χ2n) is 1.88. The van der Waals surface area contributed by atoms with Gasteiger partial charge in [-0.3, -0.25) is 0 Å². The number of hydrogen-bond acceptors (Lipinski definition) is 0. The molecular weight excluding hydrogens is 98.1 g/mol. The van der Waals surface area contributed by atoms with Gasteiger partial charge in [0.2, 0.25) is 0 Å². The molecular formula is C7H16N+. The van der Waals surface area contributed by atoms with Crippen LogP contribution in [0.1, 0.15) is 26.2 Å². The van der Waals surface area contributed by atoms with Crippen LogP contribution in [0, 0.1) is 0 Å². The van der Waals surface area contributed by atoms with Crippen molar-refractivity contribution in [2.45, 2.75) is 26.2 Å². The van der Waals surface area contributed by atoms with Crippen molar-refractivity contribution in [3.8, 4) is 0 Å². The minimum atomic E-state index is 1.06. The molecule has 0 aliphatic carbocycles. The first-order chi connectivity index (χ1) is 3.91. The molecule has 3 N–H and O–H groups in total. The molecule has 0 unspecified atom stereocenters. The van der Waals surface area contributed by atoms with Gasteiger partial charge in [0.15, 0.2) is 0 Å². The second-order valence-corrected chi connectivity index (χ2v) is 1.88. The highest BCUT2D eigenvalue weighted by atomic mass is 14.5. The summed E-state index contributed by atoms with van der Waals surface area (Å²) >= 11 is 0. The van der Waals surface area contributed by atoms with E-state index in [2.05, 4.69) is 24.8 Å². The molecule has 1 heteroatoms. The standard InChI is InChI=1S/C7H15N/c1-2-3-4-5-6-7-8/h3-4H,2,5-8H2,1H3/p+1. The Morgan fingerprint density at radius 1 is 1.38 bits per heavy atom. The van der Waals surface area contributed by atoms with Gasteiger partial charge in [0.25, 0.3) is 0 Å². The zero-order chi connectivity index (χ0) is 6.24. The lowest BCUT2D eigenvalue weighted by molar-refractivity contribution is -0.368. The molecule has 0 aliphatic rings. The molecule has 0 bridgehead atoms. The van der Waals surface area contributed by atoms with Crippen molar-refractivity contribution < 1.29 is 5.73 Å². The largest absolute Gasteiger partial charge is 0.358 e. The first kappa shape index (κ1) is 7.70. The summed E-state index contributed by atoms with van der Waals surface area (Å²) in [6.07, 6.45) is 8.03. The molecule has 0 atom stereocenters. The third kappa shape index (κ3) is 5.70. The van der Waals surface area contributed by atoms with E-state index in [1.165, 1.54) is 12.8 Å². The maximum Gasteiger partial charge on any atom is 0.0742 e. The summed E-state index contributed by atoms with van der Waals surface area (Å²) in [6.45, 7) is 3.22. The van der Waals surface area contributed by atoms with E-state index in [4.69, 9.17) is 0 Å². The van der Waals surface area contributed by atoms with Crippen LogP contribution in [-0.2, 0) is 0 Å². The zero-order valence-corrected chi connectivity index (χ0v) is 5.69. The van der Waals surface area contributed by atoms with Crippen molar-refractivity contribution in [3.63, 3.8) is 0 Å². The van der Waals surface area contributed by atoms with E-state index in [1.54, 1.807) is 0 Å². The fourth-order valence-corrected chi connectivity index (χ4v) is 0.547. The summed E-state index contributed by atoms with van der Waals surface area (Å²) in [4.78, 5) is 0. The Morgan fingerprint density at radius 3 is 2.62 bits per heavy atom. The van der Waals surface area contributed by atoms with Gasteiger partial charge in [-0.2, -0.15) is 0 Å². The number of quaternary nitrogens is 1. The van der Waals surface area contributed by atoms with Gasteiger partial charge in [-0.25, -0.2) is 0 Å². The lowest BCUT2D eigenvalue weighted by Gasteiger charge is -1.83. The van der Waals surface area contributed by atoms with Crippen molar-refractivity contribution in [3.05, 3.63) is 12.2 Å². The molecule has 48 valence electrons. The Kier molecular flexibility index (Phi) is 6.45. The molecule has 0 heterocycles. The van der Waals surface area contributed by atoms with Crippen LogP contribution >= 0.6 is 0 Å². The van der Waals surface area contributed by atoms with Gasteiger partial charge in [-0.1, -0.05) is 19.1 Å². The lowest BCUT2D eigenvalue weighted by Crippen LogP contribution is -2.49. The maximum absolute atomic E-state index is 3.75. The summed E-state index contributed by atoms with van der Waals surface area (Å²) in [5, 5.41) is 0. The fraction of sp³-hybridized carbons (Fsp3) is 0.714. The SMILES string of the molecule is CCC=CCCC[NH3+]. The van der Waals surface area contributed by atoms with Crippen LogP contribution in [0.5, 0.6) is 0 Å². The van der Waals surface area contributed by atoms with E-state index in [0.29, 0.717) is 0 Å². The Bertz CT molecular complexity index is 57.4. The van der Waals surface area contributed by atoms with Crippen molar-refractivity contribution >= 4 is 0 Å². The minimum absolute atomic E-state index is 1.06. The first-order valence-electron chi connectivity index (χ1n) is 3.36. The van der Waals surface area contributed by atoms with E-state index in [-0.39, 0.29) is 0 Å². The monoisotopic (exact) mass is 114 g/mol. The molecule has 0 fully saturated rings. The van der Waals surface area contributed by atoms with Crippen LogP contribution < -0.4 is 5.73 Å². The highest BCUT2D eigenvalue weighted by Gasteiger charge is 1.77. The molecule has 0 aromatic carbocycles. The second kappa shape index (κ2) is 6.70. The molecule has 0 rings (SSSR count). The molecule has 0 radical (unpaired) electrons. The van der Waals surface area contributed by atoms with Crippen molar-refractivity contribution in [2.75, 3.05) is 6.54 Å². The van der Waals surface area contributed by atoms with Crippen LogP contribution in [-0.4, -0.2) is 6.54 Å². The maximum atomic E-state index is 3.75. The van der Waals surface area contributed by atoms with E-state index < -0.39 is 0 Å². The molecule has 0 saturated carbocycles. The van der Waals surface area contributed by atoms with Crippen LogP contribution in [0.25, 0.3) is 0 Å². The minimum Gasteiger partial charge on any atom is -0.358 e. The zero-order valence-electron chi connectivity index (χ0n) is 5.69. The average Bonchev–Trinajstić information content (AvgIpc) is 1.81. The molecule has 8 heavy (non-hydrogen) atoms. The highest BCUT2D eigenvalue weighted by Crippen LogP contribution is 1.88. The van der Waals surface area contributed by atoms with Crippen molar-refractivity contribution in [2.24, 2.45) is 0 Å². The highest BCUT2D eigenvalue weighted by molar-refractivity contribution is 4.79. The van der Waals surface area contributed by atoms with Gasteiger partial charge >= 0.3 is 0 Å². The molecule has 0 amide bonds. The number of hydrogen-bond donors (Lipinski definition) is 1. The van der Waals surface area contributed by atoms with Gasteiger partial charge in [-0.15, -0.1) is 0 Å². The molecule has 1 nitrogen and oxygen atoms in total. The number of allylic oxidation sites excluding steroid dienone is 2. The smallest absolute Gasteiger partial charge is 0.0742 e. The van der Waals surface area contributed by atoms with Crippen molar-refractivity contribution in [1.82, 2.24) is 0 Å². The summed E-state index contributed by atoms with van der Waals surface area (Å²) < 4.78 is 0.